The lowest BCUT2D eigenvalue weighted by Crippen LogP contribution is -2.43. The van der Waals surface area contributed by atoms with E-state index in [4.69, 9.17) is 4.74 Å². The molecule has 2 aromatic rings. The smallest absolute Gasteiger partial charge is 0.309 e. The van der Waals surface area contributed by atoms with E-state index < -0.39 is 11.9 Å². The molecule has 0 spiro atoms. The van der Waals surface area contributed by atoms with Crippen LogP contribution in [-0.2, 0) is 20.7 Å². The van der Waals surface area contributed by atoms with E-state index in [1.807, 2.05) is 23.1 Å². The summed E-state index contributed by atoms with van der Waals surface area (Å²) in [6.07, 6.45) is 2.45. The van der Waals surface area contributed by atoms with Crippen molar-refractivity contribution in [2.45, 2.75) is 31.8 Å². The van der Waals surface area contributed by atoms with Gasteiger partial charge in [0.1, 0.15) is 0 Å². The number of carboxylic acids is 1. The summed E-state index contributed by atoms with van der Waals surface area (Å²) in [4.78, 5) is 26.0. The molecule has 0 aliphatic carbocycles. The zero-order chi connectivity index (χ0) is 18.8. The minimum absolute atomic E-state index is 0.144. The van der Waals surface area contributed by atoms with Crippen LogP contribution in [0.4, 0.5) is 0 Å². The third-order valence-electron chi connectivity index (χ3n) is 5.98. The number of amides is 1. The molecule has 2 aliphatic heterocycles. The summed E-state index contributed by atoms with van der Waals surface area (Å²) in [6.45, 7) is 1.90. The van der Waals surface area contributed by atoms with E-state index >= 15 is 0 Å². The van der Waals surface area contributed by atoms with Crippen molar-refractivity contribution in [3.05, 3.63) is 48.0 Å². The van der Waals surface area contributed by atoms with Crippen LogP contribution in [0.25, 0.3) is 10.8 Å². The Labute approximate surface area is 158 Å². The first-order valence-electron chi connectivity index (χ1n) is 9.71. The van der Waals surface area contributed by atoms with Crippen molar-refractivity contribution < 1.29 is 19.4 Å². The summed E-state index contributed by atoms with van der Waals surface area (Å²) < 4.78 is 5.71. The molecule has 27 heavy (non-hydrogen) atoms. The lowest BCUT2D eigenvalue weighted by molar-refractivity contribution is -0.145. The van der Waals surface area contributed by atoms with Gasteiger partial charge in [-0.1, -0.05) is 42.5 Å². The molecule has 2 heterocycles. The SMILES string of the molecule is O=C(O)C1CCO[C@H]1C1CCN(C(=O)Cc2ccc3ccccc3c2)CC1. The molecule has 0 aromatic heterocycles. The van der Waals surface area contributed by atoms with Crippen LogP contribution in [0.15, 0.2) is 42.5 Å². The fourth-order valence-corrected chi connectivity index (χ4v) is 4.45. The standard InChI is InChI=1S/C22H25NO4/c24-20(14-15-5-6-16-3-1-2-4-18(16)13-15)23-10-7-17(8-11-23)21-19(22(25)26)9-12-27-21/h1-6,13,17,19,21H,7-12,14H2,(H,25,26)/t19?,21-/m0/s1. The quantitative estimate of drug-likeness (QED) is 0.902. The van der Waals surface area contributed by atoms with Gasteiger partial charge in [0.25, 0.3) is 0 Å². The third kappa shape index (κ3) is 3.83. The fraction of sp³-hybridized carbons (Fsp3) is 0.455. The van der Waals surface area contributed by atoms with E-state index in [9.17, 15) is 14.7 Å². The molecule has 2 aliphatic rings. The van der Waals surface area contributed by atoms with Crippen molar-refractivity contribution in [3.63, 3.8) is 0 Å². The van der Waals surface area contributed by atoms with Gasteiger partial charge in [-0.25, -0.2) is 0 Å². The van der Waals surface area contributed by atoms with Gasteiger partial charge in [0.15, 0.2) is 0 Å². The van der Waals surface area contributed by atoms with Gasteiger partial charge in [0, 0.05) is 19.7 Å². The Balaban J connectivity index is 1.35. The number of aliphatic carboxylic acids is 1. The number of ether oxygens (including phenoxy) is 1. The molecule has 142 valence electrons. The summed E-state index contributed by atoms with van der Waals surface area (Å²) in [7, 11) is 0. The first kappa shape index (κ1) is 18.0. The van der Waals surface area contributed by atoms with E-state index in [1.54, 1.807) is 0 Å². The molecule has 2 atom stereocenters. The number of piperidine rings is 1. The monoisotopic (exact) mass is 367 g/mol. The van der Waals surface area contributed by atoms with Gasteiger partial charge >= 0.3 is 5.97 Å². The lowest BCUT2D eigenvalue weighted by atomic mass is 9.84. The Morgan fingerprint density at radius 1 is 1.04 bits per heavy atom. The summed E-state index contributed by atoms with van der Waals surface area (Å²) in [5, 5.41) is 11.7. The normalized spacial score (nSPS) is 23.6. The van der Waals surface area contributed by atoms with Crippen LogP contribution in [0.3, 0.4) is 0 Å². The van der Waals surface area contributed by atoms with Crippen LogP contribution in [0, 0.1) is 11.8 Å². The molecule has 2 fully saturated rings. The largest absolute Gasteiger partial charge is 0.481 e. The average Bonchev–Trinajstić information content (AvgIpc) is 3.18. The number of rotatable bonds is 4. The predicted octanol–water partition coefficient (Wildman–Crippen LogP) is 3.11. The van der Waals surface area contributed by atoms with Gasteiger partial charge in [0.2, 0.25) is 5.91 Å². The summed E-state index contributed by atoms with van der Waals surface area (Å²) in [5.41, 5.74) is 1.03. The summed E-state index contributed by atoms with van der Waals surface area (Å²) in [6, 6.07) is 14.3. The highest BCUT2D eigenvalue weighted by molar-refractivity contribution is 5.85. The lowest BCUT2D eigenvalue weighted by Gasteiger charge is -2.35. The maximum atomic E-state index is 12.7. The molecule has 0 saturated carbocycles. The van der Waals surface area contributed by atoms with E-state index in [0.29, 0.717) is 32.5 Å². The first-order chi connectivity index (χ1) is 13.1. The Morgan fingerprint density at radius 2 is 1.78 bits per heavy atom. The Morgan fingerprint density at radius 3 is 2.52 bits per heavy atom. The molecule has 0 bridgehead atoms. The highest BCUT2D eigenvalue weighted by Gasteiger charge is 2.40. The highest BCUT2D eigenvalue weighted by atomic mass is 16.5. The highest BCUT2D eigenvalue weighted by Crippen LogP contribution is 2.33. The van der Waals surface area contributed by atoms with Crippen molar-refractivity contribution in [2.75, 3.05) is 19.7 Å². The molecule has 2 saturated heterocycles. The van der Waals surface area contributed by atoms with E-state index in [1.165, 1.54) is 5.39 Å². The van der Waals surface area contributed by atoms with E-state index in [-0.39, 0.29) is 17.9 Å². The van der Waals surface area contributed by atoms with Crippen LogP contribution >= 0.6 is 0 Å². The number of carbonyl (C=O) groups excluding carboxylic acids is 1. The van der Waals surface area contributed by atoms with Crippen molar-refractivity contribution in [1.82, 2.24) is 4.90 Å². The number of fused-ring (bicyclic) bond motifs is 1. The Hall–Kier alpha value is -2.40. The fourth-order valence-electron chi connectivity index (χ4n) is 4.45. The van der Waals surface area contributed by atoms with Gasteiger partial charge in [0.05, 0.1) is 18.4 Å². The number of hydrogen-bond donors (Lipinski definition) is 1. The van der Waals surface area contributed by atoms with Gasteiger partial charge in [-0.15, -0.1) is 0 Å². The molecule has 1 N–H and O–H groups in total. The number of hydrogen-bond acceptors (Lipinski definition) is 3. The molecular formula is C22H25NO4. The van der Waals surface area contributed by atoms with Crippen molar-refractivity contribution >= 4 is 22.6 Å². The molecular weight excluding hydrogens is 342 g/mol. The Bertz CT molecular complexity index is 841. The number of carboxylic acid groups (broad SMARTS) is 1. The van der Waals surface area contributed by atoms with E-state index in [0.717, 1.165) is 23.8 Å². The maximum absolute atomic E-state index is 12.7. The average molecular weight is 367 g/mol. The molecule has 1 unspecified atom stereocenters. The van der Waals surface area contributed by atoms with Gasteiger partial charge in [-0.3, -0.25) is 9.59 Å². The molecule has 0 radical (unpaired) electrons. The van der Waals surface area contributed by atoms with Crippen LogP contribution in [0.5, 0.6) is 0 Å². The third-order valence-corrected chi connectivity index (χ3v) is 5.98. The molecule has 5 nitrogen and oxygen atoms in total. The zero-order valence-corrected chi connectivity index (χ0v) is 15.3. The minimum Gasteiger partial charge on any atom is -0.481 e. The summed E-state index contributed by atoms with van der Waals surface area (Å²) >= 11 is 0. The van der Waals surface area contributed by atoms with Gasteiger partial charge in [-0.2, -0.15) is 0 Å². The Kier molecular flexibility index (Phi) is 5.12. The van der Waals surface area contributed by atoms with Crippen molar-refractivity contribution in [2.24, 2.45) is 11.8 Å². The number of nitrogens with zero attached hydrogens (tertiary/aromatic N) is 1. The van der Waals surface area contributed by atoms with Crippen LogP contribution in [0.2, 0.25) is 0 Å². The first-order valence-corrected chi connectivity index (χ1v) is 9.71. The van der Waals surface area contributed by atoms with Crippen LogP contribution < -0.4 is 0 Å². The maximum Gasteiger partial charge on any atom is 0.309 e. The second-order valence-corrected chi connectivity index (χ2v) is 7.65. The second-order valence-electron chi connectivity index (χ2n) is 7.65. The zero-order valence-electron chi connectivity index (χ0n) is 15.3. The molecule has 1 amide bonds. The van der Waals surface area contributed by atoms with Crippen LogP contribution in [-0.4, -0.2) is 47.7 Å². The second kappa shape index (κ2) is 7.69. The number of benzene rings is 2. The predicted molar refractivity (Wildman–Crippen MR) is 102 cm³/mol. The van der Waals surface area contributed by atoms with Gasteiger partial charge in [-0.05, 0) is 41.5 Å². The molecule has 4 rings (SSSR count). The van der Waals surface area contributed by atoms with Crippen molar-refractivity contribution in [1.29, 1.82) is 0 Å². The number of carbonyl (C=O) groups is 2. The number of likely N-dealkylation sites (tertiary alicyclic amines) is 1. The van der Waals surface area contributed by atoms with Crippen molar-refractivity contribution in [3.8, 4) is 0 Å². The minimum atomic E-state index is -0.757. The van der Waals surface area contributed by atoms with Gasteiger partial charge < -0.3 is 14.7 Å². The van der Waals surface area contributed by atoms with E-state index in [2.05, 4.69) is 24.3 Å². The molecule has 2 aromatic carbocycles. The molecule has 5 heteroatoms. The van der Waals surface area contributed by atoms with Crippen LogP contribution in [0.1, 0.15) is 24.8 Å². The summed E-state index contributed by atoms with van der Waals surface area (Å²) in [5.74, 6) is -0.772. The topological polar surface area (TPSA) is 66.8 Å².